The topological polar surface area (TPSA) is 41.3 Å². The van der Waals surface area contributed by atoms with Crippen molar-refractivity contribution in [3.63, 3.8) is 0 Å². The Labute approximate surface area is 119 Å². The molecule has 1 unspecified atom stereocenters. The molecule has 0 amide bonds. The first-order valence-electron chi connectivity index (χ1n) is 6.73. The number of hydrazine groups is 1. The van der Waals surface area contributed by atoms with Crippen LogP contribution in [0.15, 0.2) is 18.2 Å². The summed E-state index contributed by atoms with van der Waals surface area (Å²) in [6.07, 6.45) is 1.64. The smallest absolute Gasteiger partial charge is 0.124 e. The van der Waals surface area contributed by atoms with Crippen LogP contribution in [0.2, 0.25) is 5.02 Å². The van der Waals surface area contributed by atoms with Crippen molar-refractivity contribution in [3.05, 3.63) is 34.6 Å². The molecule has 1 rings (SSSR count). The monoisotopic (exact) mass is 287 g/mol. The molecular formula is C14H23ClFN3. The molecule has 0 radical (unpaired) electrons. The summed E-state index contributed by atoms with van der Waals surface area (Å²) in [6.45, 7) is 7.34. The van der Waals surface area contributed by atoms with E-state index < -0.39 is 0 Å². The van der Waals surface area contributed by atoms with Crippen molar-refractivity contribution in [3.8, 4) is 0 Å². The average molecular weight is 288 g/mol. The lowest BCUT2D eigenvalue weighted by atomic mass is 10.0. The largest absolute Gasteiger partial charge is 0.304 e. The Hall–Kier alpha value is -0.680. The van der Waals surface area contributed by atoms with Gasteiger partial charge in [0.05, 0.1) is 0 Å². The van der Waals surface area contributed by atoms with Crippen LogP contribution in [-0.2, 0) is 6.42 Å². The third-order valence-corrected chi connectivity index (χ3v) is 3.76. The van der Waals surface area contributed by atoms with Gasteiger partial charge in [0.2, 0.25) is 0 Å². The third kappa shape index (κ3) is 5.45. The molecule has 0 heterocycles. The minimum atomic E-state index is -0.311. The molecule has 1 aromatic rings. The number of benzene rings is 1. The van der Waals surface area contributed by atoms with Crippen LogP contribution in [0.1, 0.15) is 25.8 Å². The molecule has 0 saturated carbocycles. The van der Waals surface area contributed by atoms with Gasteiger partial charge in [-0.1, -0.05) is 31.5 Å². The predicted molar refractivity (Wildman–Crippen MR) is 78.6 cm³/mol. The van der Waals surface area contributed by atoms with Gasteiger partial charge in [-0.15, -0.1) is 0 Å². The highest BCUT2D eigenvalue weighted by Gasteiger charge is 2.12. The van der Waals surface area contributed by atoms with Crippen molar-refractivity contribution < 1.29 is 4.39 Å². The first-order valence-corrected chi connectivity index (χ1v) is 7.10. The lowest BCUT2D eigenvalue weighted by Crippen LogP contribution is -2.39. The summed E-state index contributed by atoms with van der Waals surface area (Å²) in [5, 5.41) is 0.461. The van der Waals surface area contributed by atoms with Gasteiger partial charge >= 0.3 is 0 Å². The summed E-state index contributed by atoms with van der Waals surface area (Å²) in [6, 6.07) is 4.64. The van der Waals surface area contributed by atoms with Crippen LogP contribution in [0.25, 0.3) is 0 Å². The van der Waals surface area contributed by atoms with Crippen LogP contribution < -0.4 is 11.3 Å². The zero-order chi connectivity index (χ0) is 14.3. The standard InChI is InChI=1S/C14H23ClFN3/c1-3-19(4-2)8-7-13(18-17)9-11-5-6-12(16)10-14(11)15/h5-6,10,13,18H,3-4,7-9,17H2,1-2H3. The lowest BCUT2D eigenvalue weighted by molar-refractivity contribution is 0.281. The van der Waals surface area contributed by atoms with Crippen LogP contribution in [0.4, 0.5) is 4.39 Å². The summed E-state index contributed by atoms with van der Waals surface area (Å²) in [7, 11) is 0. The summed E-state index contributed by atoms with van der Waals surface area (Å²) in [4.78, 5) is 2.34. The molecule has 0 aromatic heterocycles. The van der Waals surface area contributed by atoms with Crippen molar-refractivity contribution in [1.82, 2.24) is 10.3 Å². The van der Waals surface area contributed by atoms with Gasteiger partial charge in [-0.05, 0) is 50.2 Å². The van der Waals surface area contributed by atoms with Crippen LogP contribution in [0.3, 0.4) is 0 Å². The zero-order valence-electron chi connectivity index (χ0n) is 11.6. The van der Waals surface area contributed by atoms with E-state index in [2.05, 4.69) is 24.2 Å². The van der Waals surface area contributed by atoms with Gasteiger partial charge in [0, 0.05) is 11.1 Å². The molecule has 108 valence electrons. The summed E-state index contributed by atoms with van der Waals surface area (Å²) in [5.74, 6) is 5.27. The van der Waals surface area contributed by atoms with Crippen LogP contribution >= 0.6 is 11.6 Å². The molecule has 0 aliphatic carbocycles. The Kier molecular flexibility index (Phi) is 7.31. The van der Waals surface area contributed by atoms with Crippen LogP contribution in [-0.4, -0.2) is 30.6 Å². The van der Waals surface area contributed by atoms with Crippen molar-refractivity contribution in [2.45, 2.75) is 32.7 Å². The number of nitrogens with one attached hydrogen (secondary N) is 1. The molecule has 5 heteroatoms. The van der Waals surface area contributed by atoms with Crippen LogP contribution in [0.5, 0.6) is 0 Å². The average Bonchev–Trinajstić information content (AvgIpc) is 2.41. The molecule has 0 bridgehead atoms. The van der Waals surface area contributed by atoms with Gasteiger partial charge in [0.1, 0.15) is 5.82 Å². The fourth-order valence-electron chi connectivity index (χ4n) is 2.08. The van der Waals surface area contributed by atoms with Gasteiger partial charge in [-0.3, -0.25) is 11.3 Å². The first kappa shape index (κ1) is 16.4. The molecule has 1 atom stereocenters. The fourth-order valence-corrected chi connectivity index (χ4v) is 2.32. The van der Waals surface area contributed by atoms with E-state index in [-0.39, 0.29) is 11.9 Å². The SMILES string of the molecule is CCN(CC)CCC(Cc1ccc(F)cc1Cl)NN. The van der Waals surface area contributed by atoms with Crippen LogP contribution in [0, 0.1) is 5.82 Å². The second-order valence-corrected chi connectivity index (χ2v) is 5.03. The molecule has 0 spiro atoms. The number of hydrogen-bond donors (Lipinski definition) is 2. The van der Waals surface area contributed by atoms with Gasteiger partial charge in [-0.25, -0.2) is 4.39 Å². The van der Waals surface area contributed by atoms with Crippen molar-refractivity contribution in [1.29, 1.82) is 0 Å². The Morgan fingerprint density at radius 1 is 1.37 bits per heavy atom. The van der Waals surface area contributed by atoms with E-state index in [1.165, 1.54) is 12.1 Å². The van der Waals surface area contributed by atoms with Crippen molar-refractivity contribution >= 4 is 11.6 Å². The number of nitrogens with two attached hydrogens (primary N) is 1. The summed E-state index contributed by atoms with van der Waals surface area (Å²) >= 11 is 6.03. The Balaban J connectivity index is 2.56. The molecule has 0 aliphatic heterocycles. The van der Waals surface area contributed by atoms with E-state index >= 15 is 0 Å². The maximum atomic E-state index is 13.0. The summed E-state index contributed by atoms with van der Waals surface area (Å²) < 4.78 is 13.0. The quantitative estimate of drug-likeness (QED) is 0.570. The van der Waals surface area contributed by atoms with Crippen molar-refractivity contribution in [2.24, 2.45) is 5.84 Å². The maximum Gasteiger partial charge on any atom is 0.124 e. The minimum Gasteiger partial charge on any atom is -0.304 e. The van der Waals surface area contributed by atoms with Gasteiger partial charge in [0.15, 0.2) is 0 Å². The number of hydrogen-bond acceptors (Lipinski definition) is 3. The van der Waals surface area contributed by atoms with Gasteiger partial charge in [0.25, 0.3) is 0 Å². The number of halogens is 2. The molecule has 3 nitrogen and oxygen atoms in total. The summed E-state index contributed by atoms with van der Waals surface area (Å²) in [5.41, 5.74) is 3.74. The number of nitrogens with zero attached hydrogens (tertiary/aromatic N) is 1. The van der Waals surface area contributed by atoms with E-state index in [0.29, 0.717) is 11.4 Å². The molecule has 0 aliphatic rings. The predicted octanol–water partition coefficient (Wildman–Crippen LogP) is 2.59. The highest BCUT2D eigenvalue weighted by molar-refractivity contribution is 6.31. The highest BCUT2D eigenvalue weighted by Crippen LogP contribution is 2.19. The fraction of sp³-hybridized carbons (Fsp3) is 0.571. The van der Waals surface area contributed by atoms with Crippen molar-refractivity contribution in [2.75, 3.05) is 19.6 Å². The molecule has 3 N–H and O–H groups in total. The Morgan fingerprint density at radius 3 is 2.58 bits per heavy atom. The molecule has 0 fully saturated rings. The number of rotatable bonds is 8. The molecular weight excluding hydrogens is 265 g/mol. The van der Waals surface area contributed by atoms with E-state index in [1.54, 1.807) is 6.07 Å². The molecule has 19 heavy (non-hydrogen) atoms. The van der Waals surface area contributed by atoms with E-state index in [4.69, 9.17) is 17.4 Å². The lowest BCUT2D eigenvalue weighted by Gasteiger charge is -2.22. The second-order valence-electron chi connectivity index (χ2n) is 4.62. The first-order chi connectivity index (χ1) is 9.10. The van der Waals surface area contributed by atoms with Gasteiger partial charge in [-0.2, -0.15) is 0 Å². The Morgan fingerprint density at radius 2 is 2.05 bits per heavy atom. The normalized spacial score (nSPS) is 12.9. The molecule has 1 aromatic carbocycles. The highest BCUT2D eigenvalue weighted by atomic mass is 35.5. The second kappa shape index (κ2) is 8.48. The van der Waals surface area contributed by atoms with E-state index in [1.807, 2.05) is 0 Å². The Bertz CT molecular complexity index is 383. The third-order valence-electron chi connectivity index (χ3n) is 3.41. The zero-order valence-corrected chi connectivity index (χ0v) is 12.4. The van der Waals surface area contributed by atoms with Gasteiger partial charge < -0.3 is 4.90 Å². The van der Waals surface area contributed by atoms with E-state index in [0.717, 1.165) is 31.6 Å². The van der Waals surface area contributed by atoms with E-state index in [9.17, 15) is 4.39 Å². The minimum absolute atomic E-state index is 0.142. The molecule has 0 saturated heterocycles. The maximum absolute atomic E-state index is 13.0.